The van der Waals surface area contributed by atoms with E-state index in [9.17, 15) is 0 Å². The molecule has 0 radical (unpaired) electrons. The molecule has 4 heterocycles. The van der Waals surface area contributed by atoms with Crippen molar-refractivity contribution in [3.8, 4) is 0 Å². The highest BCUT2D eigenvalue weighted by atomic mass is 15.4. The van der Waals surface area contributed by atoms with Crippen molar-refractivity contribution >= 4 is 11.5 Å². The summed E-state index contributed by atoms with van der Waals surface area (Å²) in [6, 6.07) is 4.74. The third-order valence-corrected chi connectivity index (χ3v) is 6.07. The van der Waals surface area contributed by atoms with Crippen LogP contribution >= 0.6 is 0 Å². The van der Waals surface area contributed by atoms with E-state index in [1.165, 1.54) is 32.4 Å². The number of rotatable bonds is 4. The van der Waals surface area contributed by atoms with Crippen LogP contribution in [0.4, 0.5) is 5.82 Å². The van der Waals surface area contributed by atoms with E-state index in [1.54, 1.807) is 0 Å². The fraction of sp³-hybridized carbons (Fsp3) is 0.737. The number of hydrogen-bond acceptors (Lipinski definition) is 6. The van der Waals surface area contributed by atoms with E-state index in [1.807, 2.05) is 35.6 Å². The zero-order valence-electron chi connectivity index (χ0n) is 16.3. The van der Waals surface area contributed by atoms with Gasteiger partial charge in [-0.05, 0) is 64.5 Å². The van der Waals surface area contributed by atoms with Gasteiger partial charge in [0.15, 0.2) is 11.5 Å². The van der Waals surface area contributed by atoms with Gasteiger partial charge in [-0.2, -0.15) is 4.52 Å². The molecule has 26 heavy (non-hydrogen) atoms. The lowest BCUT2D eigenvalue weighted by atomic mass is 9.95. The van der Waals surface area contributed by atoms with Crippen molar-refractivity contribution in [1.82, 2.24) is 29.6 Å². The van der Waals surface area contributed by atoms with Gasteiger partial charge in [0, 0.05) is 32.6 Å². The maximum atomic E-state index is 4.73. The topological polar surface area (TPSA) is 52.8 Å². The molecule has 1 unspecified atom stereocenters. The fourth-order valence-electron chi connectivity index (χ4n) is 4.34. The second-order valence-electron chi connectivity index (χ2n) is 8.12. The number of nitrogens with zero attached hydrogens (tertiary/aromatic N) is 7. The van der Waals surface area contributed by atoms with E-state index < -0.39 is 0 Å². The van der Waals surface area contributed by atoms with Gasteiger partial charge in [0.2, 0.25) is 0 Å². The molecular weight excluding hydrogens is 326 g/mol. The summed E-state index contributed by atoms with van der Waals surface area (Å²) in [7, 11) is 6.31. The molecule has 7 nitrogen and oxygen atoms in total. The van der Waals surface area contributed by atoms with Crippen molar-refractivity contribution in [2.75, 3.05) is 52.2 Å². The van der Waals surface area contributed by atoms with Gasteiger partial charge in [0.1, 0.15) is 5.82 Å². The molecule has 2 aliphatic heterocycles. The first kappa shape index (κ1) is 17.7. The Bertz CT molecular complexity index is 733. The van der Waals surface area contributed by atoms with E-state index in [2.05, 4.69) is 27.0 Å². The zero-order valence-corrected chi connectivity index (χ0v) is 16.3. The van der Waals surface area contributed by atoms with Gasteiger partial charge >= 0.3 is 0 Å². The molecule has 0 saturated carbocycles. The highest BCUT2D eigenvalue weighted by Gasteiger charge is 2.28. The van der Waals surface area contributed by atoms with Crippen LogP contribution in [-0.2, 0) is 0 Å². The average molecular weight is 358 g/mol. The first-order valence-electron chi connectivity index (χ1n) is 9.94. The molecule has 0 amide bonds. The minimum atomic E-state index is 0.454. The standard InChI is InChI=1S/C19H31N7/c1-23(2)18-8-7-17-20-21-19(26(17)22-18)15-9-12-25(13-10-15)14-16-6-4-5-11-24(16)3/h7-8,15-16H,4-6,9-14H2,1-3H3. The molecule has 2 fully saturated rings. The molecular formula is C19H31N7. The Kier molecular flexibility index (Phi) is 5.09. The van der Waals surface area contributed by atoms with Crippen molar-refractivity contribution < 1.29 is 0 Å². The van der Waals surface area contributed by atoms with E-state index in [0.29, 0.717) is 5.92 Å². The van der Waals surface area contributed by atoms with E-state index in [0.717, 1.165) is 49.3 Å². The molecule has 2 saturated heterocycles. The highest BCUT2D eigenvalue weighted by molar-refractivity contribution is 5.45. The molecule has 1 atom stereocenters. The van der Waals surface area contributed by atoms with Crippen molar-refractivity contribution in [3.63, 3.8) is 0 Å². The number of hydrogen-bond donors (Lipinski definition) is 0. The van der Waals surface area contributed by atoms with E-state index in [4.69, 9.17) is 5.10 Å². The lowest BCUT2D eigenvalue weighted by Crippen LogP contribution is -2.46. The third kappa shape index (κ3) is 3.55. The summed E-state index contributed by atoms with van der Waals surface area (Å²) < 4.78 is 1.95. The molecule has 0 aromatic carbocycles. The molecule has 0 bridgehead atoms. The number of likely N-dealkylation sites (N-methyl/N-ethyl adjacent to an activating group) is 1. The summed E-state index contributed by atoms with van der Waals surface area (Å²) in [6.07, 6.45) is 6.38. The fourth-order valence-corrected chi connectivity index (χ4v) is 4.34. The van der Waals surface area contributed by atoms with Crippen LogP contribution < -0.4 is 4.90 Å². The minimum absolute atomic E-state index is 0.454. The predicted octanol–water partition coefficient (Wildman–Crippen LogP) is 1.85. The maximum Gasteiger partial charge on any atom is 0.178 e. The molecule has 2 aromatic heterocycles. The van der Waals surface area contributed by atoms with Gasteiger partial charge in [0.25, 0.3) is 0 Å². The summed E-state index contributed by atoms with van der Waals surface area (Å²) in [5.74, 6) is 2.42. The Morgan fingerprint density at radius 2 is 1.85 bits per heavy atom. The van der Waals surface area contributed by atoms with Gasteiger partial charge in [-0.25, -0.2) is 0 Å². The second-order valence-corrected chi connectivity index (χ2v) is 8.12. The Balaban J connectivity index is 1.41. The van der Waals surface area contributed by atoms with Crippen LogP contribution in [0.25, 0.3) is 5.65 Å². The quantitative estimate of drug-likeness (QED) is 0.832. The maximum absolute atomic E-state index is 4.73. The summed E-state index contributed by atoms with van der Waals surface area (Å²) >= 11 is 0. The van der Waals surface area contributed by atoms with Crippen LogP contribution in [0.5, 0.6) is 0 Å². The molecule has 2 aromatic rings. The van der Waals surface area contributed by atoms with Crippen LogP contribution in [0.3, 0.4) is 0 Å². The van der Waals surface area contributed by atoms with Crippen molar-refractivity contribution in [1.29, 1.82) is 0 Å². The summed E-state index contributed by atoms with van der Waals surface area (Å²) in [5.41, 5.74) is 0.844. The first-order chi connectivity index (χ1) is 12.6. The molecule has 0 spiro atoms. The Morgan fingerprint density at radius 1 is 1.04 bits per heavy atom. The lowest BCUT2D eigenvalue weighted by molar-refractivity contribution is 0.111. The van der Waals surface area contributed by atoms with E-state index in [-0.39, 0.29) is 0 Å². The third-order valence-electron chi connectivity index (χ3n) is 6.07. The zero-order chi connectivity index (χ0) is 18.1. The van der Waals surface area contributed by atoms with Crippen molar-refractivity contribution in [3.05, 3.63) is 18.0 Å². The molecule has 0 aliphatic carbocycles. The molecule has 2 aliphatic rings. The van der Waals surface area contributed by atoms with Crippen LogP contribution in [0, 0.1) is 0 Å². The lowest BCUT2D eigenvalue weighted by Gasteiger charge is -2.38. The van der Waals surface area contributed by atoms with Gasteiger partial charge in [-0.15, -0.1) is 15.3 Å². The number of likely N-dealkylation sites (tertiary alicyclic amines) is 2. The number of anilines is 1. The first-order valence-corrected chi connectivity index (χ1v) is 9.94. The molecule has 0 N–H and O–H groups in total. The summed E-state index contributed by atoms with van der Waals surface area (Å²) in [4.78, 5) is 7.21. The van der Waals surface area contributed by atoms with E-state index >= 15 is 0 Å². The van der Waals surface area contributed by atoms with Crippen molar-refractivity contribution in [2.24, 2.45) is 0 Å². The number of piperidine rings is 2. The van der Waals surface area contributed by atoms with Crippen LogP contribution in [0.15, 0.2) is 12.1 Å². The molecule has 142 valence electrons. The molecule has 7 heteroatoms. The summed E-state index contributed by atoms with van der Waals surface area (Å²) in [6.45, 7) is 4.77. The second kappa shape index (κ2) is 7.48. The Morgan fingerprint density at radius 3 is 2.58 bits per heavy atom. The SMILES string of the molecule is CN(C)c1ccc2nnc(C3CCN(CC4CCCCN4C)CC3)n2n1. The monoisotopic (exact) mass is 357 g/mol. The van der Waals surface area contributed by atoms with Crippen LogP contribution in [-0.4, -0.2) is 83.0 Å². The molecule has 4 rings (SSSR count). The van der Waals surface area contributed by atoms with Gasteiger partial charge in [-0.3, -0.25) is 0 Å². The van der Waals surface area contributed by atoms with Gasteiger partial charge in [-0.1, -0.05) is 6.42 Å². The largest absolute Gasteiger partial charge is 0.361 e. The predicted molar refractivity (Wildman–Crippen MR) is 104 cm³/mol. The minimum Gasteiger partial charge on any atom is -0.361 e. The number of fused-ring (bicyclic) bond motifs is 1. The summed E-state index contributed by atoms with van der Waals surface area (Å²) in [5, 5.41) is 13.5. The van der Waals surface area contributed by atoms with Gasteiger partial charge in [0.05, 0.1) is 0 Å². The van der Waals surface area contributed by atoms with Crippen molar-refractivity contribution in [2.45, 2.75) is 44.1 Å². The van der Waals surface area contributed by atoms with Gasteiger partial charge < -0.3 is 14.7 Å². The Hall–Kier alpha value is -1.73. The Labute approximate surface area is 156 Å². The highest BCUT2D eigenvalue weighted by Crippen LogP contribution is 2.28. The van der Waals surface area contributed by atoms with Crippen LogP contribution in [0.1, 0.15) is 43.8 Å². The van der Waals surface area contributed by atoms with Crippen LogP contribution in [0.2, 0.25) is 0 Å². The average Bonchev–Trinajstić information content (AvgIpc) is 3.07. The number of aromatic nitrogens is 4. The smallest absolute Gasteiger partial charge is 0.178 e. The normalized spacial score (nSPS) is 23.6.